The summed E-state index contributed by atoms with van der Waals surface area (Å²) in [5, 5.41) is 6.97. The van der Waals surface area contributed by atoms with E-state index in [0.717, 1.165) is 0 Å². The lowest BCUT2D eigenvalue weighted by Gasteiger charge is -2.32. The Labute approximate surface area is 301 Å². The highest BCUT2D eigenvalue weighted by Gasteiger charge is 2.92. The molecule has 2 aliphatic rings. The molecule has 18 heteroatoms. The number of para-hydroxylation sites is 1. The molecular weight excluding hydrogens is 697 g/mol. The lowest BCUT2D eigenvalue weighted by atomic mass is 10.0. The van der Waals surface area contributed by atoms with Gasteiger partial charge < -0.3 is 40.7 Å². The Morgan fingerprint density at radius 1 is 0.942 bits per heavy atom. The summed E-state index contributed by atoms with van der Waals surface area (Å²) in [6.07, 6.45) is -3.27. The zero-order valence-corrected chi connectivity index (χ0v) is 31.3. The maximum absolute atomic E-state index is 14.8. The van der Waals surface area contributed by atoms with Crippen LogP contribution in [0.1, 0.15) is 67.2 Å². The maximum Gasteiger partial charge on any atom is 0.459 e. The molecule has 5 rings (SSSR count). The van der Waals surface area contributed by atoms with Crippen LogP contribution in [0.5, 0.6) is 5.75 Å². The van der Waals surface area contributed by atoms with Gasteiger partial charge in [-0.3, -0.25) is 18.9 Å². The molecule has 1 saturated carbocycles. The Morgan fingerprint density at radius 2 is 1.58 bits per heavy atom. The Hall–Kier alpha value is -4.12. The maximum atomic E-state index is 14.8. The van der Waals surface area contributed by atoms with Crippen molar-refractivity contribution in [3.05, 3.63) is 54.5 Å². The van der Waals surface area contributed by atoms with Crippen molar-refractivity contribution in [2.75, 3.05) is 5.73 Å². The highest BCUT2D eigenvalue weighted by Crippen LogP contribution is 2.71. The fraction of sp³-hybridized carbons (Fsp3) is 0.559. The second kappa shape index (κ2) is 14.7. The number of nitrogens with two attached hydrogens (primary N) is 3. The van der Waals surface area contributed by atoms with Gasteiger partial charge in [-0.25, -0.2) is 14.1 Å². The Balaban J connectivity index is 1.63. The topological polar surface area (TPSA) is 244 Å². The lowest BCUT2D eigenvalue weighted by molar-refractivity contribution is -0.180. The van der Waals surface area contributed by atoms with E-state index in [-0.39, 0.29) is 23.4 Å². The molecule has 0 bridgehead atoms. The SMILES string of the molecule is CC(C)OC(=O)[C@H](C)N[P@@](=O)(Oc1ccccc1)OC1[C@@]2(C)O[C@@H](c3ccc4c(N)ncnn34)[C@H](OC(=O)[C@@H](N)C(C)C)[C@@]12OC(=O)[C@@H](N)C(C)C. The standard InChI is InChI=1S/C34H48N7O10P/c1-17(2)24(35)30(43)47-27-26(22-14-15-23-28(37)38-16-39-41(22)23)48-33(8)32(34(27,33)49-31(44)25(36)18(3)4)51-52(45,50-21-12-10-9-11-13-21)40-20(7)29(42)46-19(5)6/h9-20,24-27,32H,35-36H2,1-8H3,(H,40,45)(H2,37,38,39)/t20-,24-,25-,26-,27-,32?,33+,34+,52+/m0/s1. The number of aromatic nitrogens is 3. The number of hydrogen-bond donors (Lipinski definition) is 4. The van der Waals surface area contributed by atoms with E-state index in [1.165, 1.54) is 29.9 Å². The molecule has 3 aromatic rings. The van der Waals surface area contributed by atoms with Gasteiger partial charge in [-0.15, -0.1) is 0 Å². The van der Waals surface area contributed by atoms with Crippen LogP contribution in [0.3, 0.4) is 0 Å². The first-order valence-electron chi connectivity index (χ1n) is 17.1. The Bertz CT molecular complexity index is 1840. The van der Waals surface area contributed by atoms with Gasteiger partial charge in [0.15, 0.2) is 11.9 Å². The normalized spacial score (nSPS) is 26.8. The molecule has 2 aromatic heterocycles. The van der Waals surface area contributed by atoms with E-state index >= 15 is 0 Å². The average Bonchev–Trinajstić information content (AvgIpc) is 3.34. The number of carbonyl (C=O) groups is 3. The number of nitrogens with one attached hydrogen (secondary N) is 1. The van der Waals surface area contributed by atoms with Crippen LogP contribution in [-0.2, 0) is 42.4 Å². The number of esters is 3. The first-order valence-corrected chi connectivity index (χ1v) is 18.6. The van der Waals surface area contributed by atoms with E-state index in [1.807, 2.05) is 0 Å². The van der Waals surface area contributed by atoms with Crippen LogP contribution in [0, 0.1) is 11.8 Å². The van der Waals surface area contributed by atoms with E-state index < -0.39 is 79.4 Å². The number of anilines is 1. The van der Waals surface area contributed by atoms with E-state index in [9.17, 15) is 18.9 Å². The molecule has 0 radical (unpaired) electrons. The third-order valence-corrected chi connectivity index (χ3v) is 10.9. The van der Waals surface area contributed by atoms with Crippen LogP contribution in [0.15, 0.2) is 48.8 Å². The summed E-state index contributed by atoms with van der Waals surface area (Å²) >= 11 is 0. The monoisotopic (exact) mass is 745 g/mol. The van der Waals surface area contributed by atoms with E-state index in [2.05, 4.69) is 15.2 Å². The average molecular weight is 746 g/mol. The summed E-state index contributed by atoms with van der Waals surface area (Å²) < 4.78 is 52.8. The summed E-state index contributed by atoms with van der Waals surface area (Å²) in [6, 6.07) is 8.02. The van der Waals surface area contributed by atoms with Crippen LogP contribution >= 0.6 is 7.75 Å². The number of fused-ring (bicyclic) bond motifs is 2. The van der Waals surface area contributed by atoms with Gasteiger partial charge in [0.25, 0.3) is 0 Å². The number of benzene rings is 1. The van der Waals surface area contributed by atoms with Crippen LogP contribution in [0.25, 0.3) is 5.52 Å². The van der Waals surface area contributed by atoms with E-state index in [0.29, 0.717) is 11.2 Å². The quantitative estimate of drug-likeness (QED) is 0.0993. The van der Waals surface area contributed by atoms with Gasteiger partial charge in [0.1, 0.15) is 53.5 Å². The number of rotatable bonds is 15. The second-order valence-corrected chi connectivity index (χ2v) is 15.8. The molecule has 1 saturated heterocycles. The summed E-state index contributed by atoms with van der Waals surface area (Å²) in [5.41, 5.74) is 15.8. The number of carbonyl (C=O) groups excluding carboxylic acids is 3. The number of hydrogen-bond acceptors (Lipinski definition) is 15. The van der Waals surface area contributed by atoms with Crippen molar-refractivity contribution in [1.82, 2.24) is 19.7 Å². The molecule has 7 N–H and O–H groups in total. The first-order chi connectivity index (χ1) is 24.3. The molecule has 3 heterocycles. The molecule has 9 atom stereocenters. The van der Waals surface area contributed by atoms with Crippen LogP contribution in [-0.4, -0.2) is 80.1 Å². The molecule has 52 heavy (non-hydrogen) atoms. The van der Waals surface area contributed by atoms with Crippen molar-refractivity contribution in [3.63, 3.8) is 0 Å². The zero-order valence-electron chi connectivity index (χ0n) is 30.4. The molecule has 2 fully saturated rings. The molecule has 0 spiro atoms. The molecule has 1 unspecified atom stereocenters. The van der Waals surface area contributed by atoms with Crippen LogP contribution in [0.2, 0.25) is 0 Å². The number of ether oxygens (including phenoxy) is 4. The summed E-state index contributed by atoms with van der Waals surface area (Å²) in [6.45, 7) is 13.3. The Kier molecular flexibility index (Phi) is 11.1. The van der Waals surface area contributed by atoms with Gasteiger partial charge >= 0.3 is 25.7 Å². The van der Waals surface area contributed by atoms with Gasteiger partial charge in [-0.05, 0) is 63.8 Å². The minimum atomic E-state index is -4.60. The van der Waals surface area contributed by atoms with E-state index in [1.54, 1.807) is 78.8 Å². The van der Waals surface area contributed by atoms with Gasteiger partial charge in [0, 0.05) is 0 Å². The van der Waals surface area contributed by atoms with Crippen molar-refractivity contribution in [1.29, 1.82) is 0 Å². The van der Waals surface area contributed by atoms with Crippen molar-refractivity contribution in [2.24, 2.45) is 23.3 Å². The summed E-state index contributed by atoms with van der Waals surface area (Å²) in [5.74, 6) is -2.81. The molecule has 17 nitrogen and oxygen atoms in total. The third-order valence-electron chi connectivity index (χ3n) is 9.22. The van der Waals surface area contributed by atoms with Crippen LogP contribution < -0.4 is 26.8 Å². The molecular formula is C34H48N7O10P. The van der Waals surface area contributed by atoms with Crippen molar-refractivity contribution in [2.45, 2.75) is 109 Å². The Morgan fingerprint density at radius 3 is 2.19 bits per heavy atom. The third kappa shape index (κ3) is 7.25. The smallest absolute Gasteiger partial charge is 0.459 e. The van der Waals surface area contributed by atoms with Crippen molar-refractivity contribution >= 4 is 37.0 Å². The van der Waals surface area contributed by atoms with Gasteiger partial charge in [-0.2, -0.15) is 10.2 Å². The second-order valence-electron chi connectivity index (χ2n) is 14.2. The molecule has 284 valence electrons. The zero-order chi connectivity index (χ0) is 38.3. The predicted octanol–water partition coefficient (Wildman–Crippen LogP) is 2.82. The minimum Gasteiger partial charge on any atom is -0.462 e. The predicted molar refractivity (Wildman–Crippen MR) is 187 cm³/mol. The fourth-order valence-electron chi connectivity index (χ4n) is 6.07. The lowest BCUT2D eigenvalue weighted by Crippen LogP contribution is -2.49. The van der Waals surface area contributed by atoms with Crippen molar-refractivity contribution in [3.8, 4) is 5.75 Å². The highest BCUT2D eigenvalue weighted by atomic mass is 31.2. The van der Waals surface area contributed by atoms with Gasteiger partial charge in [0.05, 0.1) is 11.8 Å². The minimum absolute atomic E-state index is 0.133. The molecule has 0 amide bonds. The van der Waals surface area contributed by atoms with Gasteiger partial charge in [0.2, 0.25) is 5.60 Å². The molecule has 1 aliphatic carbocycles. The fourth-order valence-corrected chi connectivity index (χ4v) is 7.84. The highest BCUT2D eigenvalue weighted by molar-refractivity contribution is 7.52. The summed E-state index contributed by atoms with van der Waals surface area (Å²) in [4.78, 5) is 44.3. The first kappa shape index (κ1) is 39.1. The van der Waals surface area contributed by atoms with Crippen LogP contribution in [0.4, 0.5) is 5.82 Å². The molecule has 1 aliphatic heterocycles. The van der Waals surface area contributed by atoms with Crippen molar-refractivity contribution < 1.29 is 46.9 Å². The molecule has 1 aromatic carbocycles. The summed E-state index contributed by atoms with van der Waals surface area (Å²) in [7, 11) is -4.60. The number of nitrogen functional groups attached to an aromatic ring is 1. The van der Waals surface area contributed by atoms with Gasteiger partial charge in [-0.1, -0.05) is 45.9 Å². The van der Waals surface area contributed by atoms with E-state index in [4.69, 9.17) is 45.2 Å². The largest absolute Gasteiger partial charge is 0.462 e. The number of nitrogens with zero attached hydrogens (tertiary/aromatic N) is 3.